The number of ether oxygens (including phenoxy) is 1. The lowest BCUT2D eigenvalue weighted by molar-refractivity contribution is -0.0522. The van der Waals surface area contributed by atoms with Gasteiger partial charge in [0.25, 0.3) is 0 Å². The maximum absolute atomic E-state index is 13.0. The zero-order valence-electron chi connectivity index (χ0n) is 6.64. The summed E-state index contributed by atoms with van der Waals surface area (Å²) in [4.78, 5) is 10.3. The minimum Gasteiger partial charge on any atom is -0.432 e. The molecule has 0 spiro atoms. The minimum absolute atomic E-state index is 0.0351. The highest BCUT2D eigenvalue weighted by Crippen LogP contribution is 2.27. The summed E-state index contributed by atoms with van der Waals surface area (Å²) in [5.74, 6) is -1.85. The lowest BCUT2D eigenvalue weighted by atomic mass is 10.2. The van der Waals surface area contributed by atoms with E-state index < -0.39 is 23.2 Å². The van der Waals surface area contributed by atoms with Crippen molar-refractivity contribution in [3.05, 3.63) is 28.5 Å². The highest BCUT2D eigenvalue weighted by molar-refractivity contribution is 6.31. The van der Waals surface area contributed by atoms with Crippen LogP contribution in [0.5, 0.6) is 5.75 Å². The molecule has 1 aromatic carbocycles. The van der Waals surface area contributed by atoms with Crippen molar-refractivity contribution < 1.29 is 22.7 Å². The second kappa shape index (κ2) is 4.32. The molecular weight excluding hydrogens is 221 g/mol. The van der Waals surface area contributed by atoms with Crippen molar-refractivity contribution in [2.24, 2.45) is 0 Å². The number of halogens is 4. The molecule has 76 valence electrons. The summed E-state index contributed by atoms with van der Waals surface area (Å²) in [6.07, 6.45) is 0.351. The fourth-order valence-corrected chi connectivity index (χ4v) is 1.05. The Hall–Kier alpha value is -1.23. The molecular formula is C8H4ClF3O2. The Morgan fingerprint density at radius 3 is 2.57 bits per heavy atom. The summed E-state index contributed by atoms with van der Waals surface area (Å²) in [6, 6.07) is 1.86. The number of aldehydes is 1. The summed E-state index contributed by atoms with van der Waals surface area (Å²) >= 11 is 5.32. The van der Waals surface area contributed by atoms with E-state index in [4.69, 9.17) is 11.6 Å². The molecule has 1 aromatic rings. The van der Waals surface area contributed by atoms with Crippen LogP contribution in [0.4, 0.5) is 13.2 Å². The molecule has 0 bridgehead atoms. The van der Waals surface area contributed by atoms with Crippen LogP contribution in [0.3, 0.4) is 0 Å². The Balaban J connectivity index is 3.13. The summed E-state index contributed by atoms with van der Waals surface area (Å²) in [6.45, 7) is -3.16. The number of carbonyl (C=O) groups excluding carboxylic acids is 1. The largest absolute Gasteiger partial charge is 0.432 e. The van der Waals surface area contributed by atoms with Gasteiger partial charge >= 0.3 is 6.61 Å². The monoisotopic (exact) mass is 224 g/mol. The van der Waals surface area contributed by atoms with Crippen LogP contribution in [0, 0.1) is 5.82 Å². The first-order chi connectivity index (χ1) is 6.54. The van der Waals surface area contributed by atoms with Gasteiger partial charge in [0.1, 0.15) is 6.29 Å². The molecule has 0 aliphatic heterocycles. The topological polar surface area (TPSA) is 26.3 Å². The van der Waals surface area contributed by atoms with Crippen LogP contribution < -0.4 is 4.74 Å². The molecule has 2 nitrogen and oxygen atoms in total. The second-order valence-electron chi connectivity index (χ2n) is 2.31. The molecule has 0 fully saturated rings. The van der Waals surface area contributed by atoms with Gasteiger partial charge in [-0.15, -0.1) is 0 Å². The van der Waals surface area contributed by atoms with Gasteiger partial charge < -0.3 is 4.74 Å². The minimum atomic E-state index is -3.16. The standard InChI is InChI=1S/C8H4ClF3O2/c9-5-1-4(3-13)2-6(7(5)10)14-8(11)12/h1-3,8H. The third-order valence-corrected chi connectivity index (χ3v) is 1.64. The SMILES string of the molecule is O=Cc1cc(Cl)c(F)c(OC(F)F)c1. The number of hydrogen-bond acceptors (Lipinski definition) is 2. The molecule has 6 heteroatoms. The Bertz CT molecular complexity index is 355. The first-order valence-electron chi connectivity index (χ1n) is 3.43. The summed E-state index contributed by atoms with van der Waals surface area (Å²) in [5, 5.41) is -0.440. The van der Waals surface area contributed by atoms with Gasteiger partial charge in [0.15, 0.2) is 11.6 Å². The Morgan fingerprint density at radius 1 is 1.43 bits per heavy atom. The third-order valence-electron chi connectivity index (χ3n) is 1.37. The maximum atomic E-state index is 13.0. The fourth-order valence-electron chi connectivity index (χ4n) is 0.834. The molecule has 14 heavy (non-hydrogen) atoms. The molecule has 0 unspecified atom stereocenters. The van der Waals surface area contributed by atoms with Crippen LogP contribution in [0.25, 0.3) is 0 Å². The van der Waals surface area contributed by atoms with Crippen molar-refractivity contribution in [3.8, 4) is 5.75 Å². The van der Waals surface area contributed by atoms with Gasteiger partial charge in [-0.25, -0.2) is 4.39 Å². The Labute approximate surface area is 82.2 Å². The second-order valence-corrected chi connectivity index (χ2v) is 2.72. The predicted octanol–water partition coefficient (Wildman–Crippen LogP) is 2.89. The molecule has 0 N–H and O–H groups in total. The number of hydrogen-bond donors (Lipinski definition) is 0. The van der Waals surface area contributed by atoms with Gasteiger partial charge in [0, 0.05) is 5.56 Å². The number of alkyl halides is 2. The first-order valence-corrected chi connectivity index (χ1v) is 3.81. The zero-order valence-corrected chi connectivity index (χ0v) is 7.39. The molecule has 0 heterocycles. The summed E-state index contributed by atoms with van der Waals surface area (Å²) in [7, 11) is 0. The van der Waals surface area contributed by atoms with E-state index in [0.29, 0.717) is 6.29 Å². The van der Waals surface area contributed by atoms with Crippen LogP contribution in [-0.4, -0.2) is 12.9 Å². The van der Waals surface area contributed by atoms with Gasteiger partial charge in [-0.3, -0.25) is 4.79 Å². The van der Waals surface area contributed by atoms with Crippen LogP contribution in [-0.2, 0) is 0 Å². The molecule has 0 radical (unpaired) electrons. The number of carbonyl (C=O) groups is 1. The van der Waals surface area contributed by atoms with Gasteiger partial charge in [-0.2, -0.15) is 8.78 Å². The lowest BCUT2D eigenvalue weighted by Crippen LogP contribution is -2.04. The van der Waals surface area contributed by atoms with Crippen molar-refractivity contribution in [1.82, 2.24) is 0 Å². The van der Waals surface area contributed by atoms with Crippen molar-refractivity contribution in [1.29, 1.82) is 0 Å². The maximum Gasteiger partial charge on any atom is 0.387 e. The molecule has 0 atom stereocenters. The van der Waals surface area contributed by atoms with Gasteiger partial charge in [-0.05, 0) is 12.1 Å². The molecule has 0 saturated heterocycles. The molecule has 0 aromatic heterocycles. The van der Waals surface area contributed by atoms with E-state index >= 15 is 0 Å². The molecule has 0 amide bonds. The van der Waals surface area contributed by atoms with Crippen LogP contribution in [0.1, 0.15) is 10.4 Å². The van der Waals surface area contributed by atoms with Gasteiger partial charge in [-0.1, -0.05) is 11.6 Å². The quantitative estimate of drug-likeness (QED) is 0.738. The van der Waals surface area contributed by atoms with E-state index in [0.717, 1.165) is 12.1 Å². The fraction of sp³-hybridized carbons (Fsp3) is 0.125. The van der Waals surface area contributed by atoms with E-state index in [2.05, 4.69) is 4.74 Å². The average molecular weight is 225 g/mol. The average Bonchev–Trinajstić information content (AvgIpc) is 2.11. The van der Waals surface area contributed by atoms with Crippen LogP contribution >= 0.6 is 11.6 Å². The smallest absolute Gasteiger partial charge is 0.387 e. The highest BCUT2D eigenvalue weighted by Gasteiger charge is 2.14. The zero-order chi connectivity index (χ0) is 10.7. The molecule has 1 rings (SSSR count). The van der Waals surface area contributed by atoms with E-state index in [-0.39, 0.29) is 5.56 Å². The third kappa shape index (κ3) is 2.38. The van der Waals surface area contributed by atoms with Crippen molar-refractivity contribution in [3.63, 3.8) is 0 Å². The summed E-state index contributed by atoms with van der Waals surface area (Å²) < 4.78 is 40.3. The number of benzene rings is 1. The Kier molecular flexibility index (Phi) is 3.35. The predicted molar refractivity (Wildman–Crippen MR) is 43.4 cm³/mol. The van der Waals surface area contributed by atoms with E-state index in [1.54, 1.807) is 0 Å². The number of rotatable bonds is 3. The molecule has 0 saturated carbocycles. The van der Waals surface area contributed by atoms with Gasteiger partial charge in [0.2, 0.25) is 0 Å². The Morgan fingerprint density at radius 2 is 2.07 bits per heavy atom. The first kappa shape index (κ1) is 10.8. The van der Waals surface area contributed by atoms with Gasteiger partial charge in [0.05, 0.1) is 5.02 Å². The molecule has 0 aliphatic rings. The molecule has 0 aliphatic carbocycles. The van der Waals surface area contributed by atoms with Crippen LogP contribution in [0.2, 0.25) is 5.02 Å². The van der Waals surface area contributed by atoms with E-state index in [1.807, 2.05) is 0 Å². The normalized spacial score (nSPS) is 10.4. The van der Waals surface area contributed by atoms with Crippen molar-refractivity contribution >= 4 is 17.9 Å². The highest BCUT2D eigenvalue weighted by atomic mass is 35.5. The lowest BCUT2D eigenvalue weighted by Gasteiger charge is -2.06. The van der Waals surface area contributed by atoms with Crippen LogP contribution in [0.15, 0.2) is 12.1 Å². The van der Waals surface area contributed by atoms with Crippen molar-refractivity contribution in [2.75, 3.05) is 0 Å². The van der Waals surface area contributed by atoms with E-state index in [9.17, 15) is 18.0 Å². The van der Waals surface area contributed by atoms with Crippen molar-refractivity contribution in [2.45, 2.75) is 6.61 Å². The van der Waals surface area contributed by atoms with E-state index in [1.165, 1.54) is 0 Å². The summed E-state index contributed by atoms with van der Waals surface area (Å²) in [5.41, 5.74) is -0.0351.